The van der Waals surface area contributed by atoms with Gasteiger partial charge >= 0.3 is 6.18 Å². The lowest BCUT2D eigenvalue weighted by Gasteiger charge is -2.13. The van der Waals surface area contributed by atoms with Crippen LogP contribution in [0.5, 0.6) is 5.88 Å². The second-order valence-electron chi connectivity index (χ2n) is 3.71. The van der Waals surface area contributed by atoms with Gasteiger partial charge in [0.25, 0.3) is 0 Å². The van der Waals surface area contributed by atoms with Crippen LogP contribution in [0.3, 0.4) is 0 Å². The summed E-state index contributed by atoms with van der Waals surface area (Å²) in [5, 5.41) is 2.69. The molecule has 0 amide bonds. The number of halogens is 4. The van der Waals surface area contributed by atoms with Gasteiger partial charge in [-0.05, 0) is 18.2 Å². The van der Waals surface area contributed by atoms with E-state index in [1.54, 1.807) is 0 Å². The van der Waals surface area contributed by atoms with Crippen LogP contribution in [0.2, 0.25) is 5.02 Å². The molecule has 2 heterocycles. The Hall–Kier alpha value is -2.02. The number of nitrogens with one attached hydrogen (secondary N) is 1. The van der Waals surface area contributed by atoms with Crippen LogP contribution in [0, 0.1) is 0 Å². The van der Waals surface area contributed by atoms with E-state index in [0.717, 1.165) is 6.20 Å². The van der Waals surface area contributed by atoms with Crippen LogP contribution in [-0.4, -0.2) is 17.1 Å². The second-order valence-corrected chi connectivity index (χ2v) is 4.11. The molecule has 0 saturated heterocycles. The fraction of sp³-hybridized carbons (Fsp3) is 0.167. The van der Waals surface area contributed by atoms with Crippen LogP contribution in [0.15, 0.2) is 30.5 Å². The van der Waals surface area contributed by atoms with Crippen LogP contribution in [-0.2, 0) is 6.18 Å². The fourth-order valence-corrected chi connectivity index (χ4v) is 1.64. The number of anilines is 2. The molecule has 2 aromatic heterocycles. The lowest BCUT2D eigenvalue weighted by Crippen LogP contribution is -2.11. The lowest BCUT2D eigenvalue weighted by molar-refractivity contribution is -0.140. The minimum atomic E-state index is -4.57. The lowest BCUT2D eigenvalue weighted by atomic mass is 10.3. The first-order valence-corrected chi connectivity index (χ1v) is 5.79. The highest BCUT2D eigenvalue weighted by Crippen LogP contribution is 2.35. The molecule has 8 heteroatoms. The molecule has 1 N–H and O–H groups in total. The average Bonchev–Trinajstić information content (AvgIpc) is 2.41. The molecule has 0 spiro atoms. The first-order chi connectivity index (χ1) is 9.41. The Kier molecular flexibility index (Phi) is 3.99. The molecule has 0 fully saturated rings. The maximum absolute atomic E-state index is 12.8. The van der Waals surface area contributed by atoms with E-state index < -0.39 is 11.9 Å². The van der Waals surface area contributed by atoms with Crippen molar-refractivity contribution in [3.8, 4) is 5.88 Å². The normalized spacial score (nSPS) is 11.2. The third-order valence-electron chi connectivity index (χ3n) is 2.36. The van der Waals surface area contributed by atoms with Crippen LogP contribution in [0.4, 0.5) is 24.7 Å². The van der Waals surface area contributed by atoms with E-state index in [2.05, 4.69) is 15.3 Å². The molecule has 0 aliphatic carbocycles. The second kappa shape index (κ2) is 5.54. The fourth-order valence-electron chi connectivity index (χ4n) is 1.49. The van der Waals surface area contributed by atoms with Crippen molar-refractivity contribution in [3.05, 3.63) is 41.2 Å². The van der Waals surface area contributed by atoms with Crippen molar-refractivity contribution in [2.45, 2.75) is 6.18 Å². The zero-order chi connectivity index (χ0) is 14.8. The number of aromatic nitrogens is 2. The highest BCUT2D eigenvalue weighted by molar-refractivity contribution is 6.33. The van der Waals surface area contributed by atoms with E-state index in [1.165, 1.54) is 31.4 Å². The van der Waals surface area contributed by atoms with Crippen LogP contribution in [0.25, 0.3) is 0 Å². The standard InChI is InChI=1S/C12H9ClF3N3O/c1-20-9-5-4-7(13)11(19-9)18-8-3-2-6-17-10(8)12(14,15)16/h2-6H,1H3,(H,18,19). The monoisotopic (exact) mass is 303 g/mol. The van der Waals surface area contributed by atoms with Gasteiger partial charge in [-0.1, -0.05) is 11.6 Å². The zero-order valence-electron chi connectivity index (χ0n) is 10.2. The van der Waals surface area contributed by atoms with E-state index in [1.807, 2.05) is 0 Å². The number of nitrogens with zero attached hydrogens (tertiary/aromatic N) is 2. The molecule has 0 radical (unpaired) electrons. The van der Waals surface area contributed by atoms with Crippen molar-refractivity contribution >= 4 is 23.1 Å². The Morgan fingerprint density at radius 1 is 1.25 bits per heavy atom. The summed E-state index contributed by atoms with van der Waals surface area (Å²) in [7, 11) is 1.39. The van der Waals surface area contributed by atoms with E-state index in [9.17, 15) is 13.2 Å². The summed E-state index contributed by atoms with van der Waals surface area (Å²) in [6.45, 7) is 0. The molecule has 106 valence electrons. The van der Waals surface area contributed by atoms with Gasteiger partial charge in [0, 0.05) is 12.3 Å². The highest BCUT2D eigenvalue weighted by atomic mass is 35.5. The summed E-state index contributed by atoms with van der Waals surface area (Å²) >= 11 is 5.89. The molecule has 0 bridgehead atoms. The maximum atomic E-state index is 12.8. The predicted octanol–water partition coefficient (Wildman–Crippen LogP) is 3.90. The number of hydrogen-bond donors (Lipinski definition) is 1. The van der Waals surface area contributed by atoms with Gasteiger partial charge in [0.2, 0.25) is 5.88 Å². The largest absolute Gasteiger partial charge is 0.481 e. The van der Waals surface area contributed by atoms with E-state index in [-0.39, 0.29) is 22.4 Å². The van der Waals surface area contributed by atoms with Gasteiger partial charge in [-0.25, -0.2) is 4.98 Å². The van der Waals surface area contributed by atoms with Gasteiger partial charge < -0.3 is 10.1 Å². The van der Waals surface area contributed by atoms with Crippen molar-refractivity contribution in [2.24, 2.45) is 0 Å². The average molecular weight is 304 g/mol. The summed E-state index contributed by atoms with van der Waals surface area (Å²) in [6.07, 6.45) is -3.51. The zero-order valence-corrected chi connectivity index (χ0v) is 11.0. The summed E-state index contributed by atoms with van der Waals surface area (Å²) in [5.74, 6) is 0.291. The minimum absolute atomic E-state index is 0.0597. The van der Waals surface area contributed by atoms with Gasteiger partial charge in [-0.2, -0.15) is 18.2 Å². The number of pyridine rings is 2. The highest BCUT2D eigenvalue weighted by Gasteiger charge is 2.35. The number of rotatable bonds is 3. The first-order valence-electron chi connectivity index (χ1n) is 5.41. The van der Waals surface area contributed by atoms with Crippen molar-refractivity contribution in [1.29, 1.82) is 0 Å². The summed E-state index contributed by atoms with van der Waals surface area (Å²) in [6, 6.07) is 5.60. The molecule has 0 aliphatic rings. The Bertz CT molecular complexity index is 619. The van der Waals surface area contributed by atoms with Crippen molar-refractivity contribution < 1.29 is 17.9 Å². The SMILES string of the molecule is COc1ccc(Cl)c(Nc2cccnc2C(F)(F)F)n1. The maximum Gasteiger partial charge on any atom is 0.435 e. The third kappa shape index (κ3) is 3.11. The van der Waals surface area contributed by atoms with Crippen molar-refractivity contribution in [1.82, 2.24) is 9.97 Å². The molecule has 0 atom stereocenters. The Balaban J connectivity index is 2.40. The molecule has 2 aromatic rings. The Morgan fingerprint density at radius 2 is 2.00 bits per heavy atom. The van der Waals surface area contributed by atoms with E-state index >= 15 is 0 Å². The molecule has 0 saturated carbocycles. The van der Waals surface area contributed by atoms with E-state index in [0.29, 0.717) is 0 Å². The van der Waals surface area contributed by atoms with Gasteiger partial charge in [-0.15, -0.1) is 0 Å². The Labute approximate surface area is 117 Å². The molecule has 0 aromatic carbocycles. The van der Waals surface area contributed by atoms with Gasteiger partial charge in [0.05, 0.1) is 17.8 Å². The molecule has 0 aliphatic heterocycles. The van der Waals surface area contributed by atoms with E-state index in [4.69, 9.17) is 16.3 Å². The summed E-state index contributed by atoms with van der Waals surface area (Å²) < 4.78 is 43.3. The van der Waals surface area contributed by atoms with Crippen LogP contribution in [0.1, 0.15) is 5.69 Å². The van der Waals surface area contributed by atoms with Crippen molar-refractivity contribution in [3.63, 3.8) is 0 Å². The number of ether oxygens (including phenoxy) is 1. The molecule has 20 heavy (non-hydrogen) atoms. The molecule has 0 unspecified atom stereocenters. The van der Waals surface area contributed by atoms with Gasteiger partial charge in [-0.3, -0.25) is 0 Å². The topological polar surface area (TPSA) is 47.0 Å². The predicted molar refractivity (Wildman–Crippen MR) is 68.3 cm³/mol. The van der Waals surface area contributed by atoms with Gasteiger partial charge in [0.1, 0.15) is 0 Å². The Morgan fingerprint density at radius 3 is 2.65 bits per heavy atom. The van der Waals surface area contributed by atoms with Crippen LogP contribution >= 0.6 is 11.6 Å². The first kappa shape index (κ1) is 14.4. The molecule has 4 nitrogen and oxygen atoms in total. The third-order valence-corrected chi connectivity index (χ3v) is 2.66. The number of alkyl halides is 3. The quantitative estimate of drug-likeness (QED) is 0.934. The molecular weight excluding hydrogens is 295 g/mol. The summed E-state index contributed by atoms with van der Waals surface area (Å²) in [4.78, 5) is 7.28. The number of methoxy groups -OCH3 is 1. The number of hydrogen-bond acceptors (Lipinski definition) is 4. The smallest absolute Gasteiger partial charge is 0.435 e. The van der Waals surface area contributed by atoms with Crippen LogP contribution < -0.4 is 10.1 Å². The van der Waals surface area contributed by atoms with Gasteiger partial charge in [0.15, 0.2) is 11.5 Å². The minimum Gasteiger partial charge on any atom is -0.481 e. The molecule has 2 rings (SSSR count). The summed E-state index contributed by atoms with van der Waals surface area (Å²) in [5.41, 5.74) is -1.27. The van der Waals surface area contributed by atoms with Crippen molar-refractivity contribution in [2.75, 3.05) is 12.4 Å². The molecular formula is C12H9ClF3N3O.